The molecule has 0 fully saturated rings. The van der Waals surface area contributed by atoms with Crippen molar-refractivity contribution < 1.29 is 18.8 Å². The fourth-order valence-corrected chi connectivity index (χ4v) is 3.31. The number of nitro groups is 1. The van der Waals surface area contributed by atoms with Crippen LogP contribution in [0.2, 0.25) is 0 Å². The first-order chi connectivity index (χ1) is 11.2. The van der Waals surface area contributed by atoms with Gasteiger partial charge in [0.15, 0.2) is 11.4 Å². The minimum atomic E-state index is -1.21. The van der Waals surface area contributed by atoms with Crippen molar-refractivity contribution in [3.05, 3.63) is 55.9 Å². The van der Waals surface area contributed by atoms with Crippen LogP contribution in [0, 0.1) is 19.5 Å². The van der Waals surface area contributed by atoms with Gasteiger partial charge in [-0.3, -0.25) is 19.8 Å². The predicted octanol–water partition coefficient (Wildman–Crippen LogP) is 4.17. The van der Waals surface area contributed by atoms with Gasteiger partial charge in [0.05, 0.1) is 11.0 Å². The van der Waals surface area contributed by atoms with Gasteiger partial charge in [-0.05, 0) is 60.7 Å². The lowest BCUT2D eigenvalue weighted by Crippen LogP contribution is -2.50. The minimum Gasteiger partial charge on any atom is -0.475 e. The van der Waals surface area contributed by atoms with E-state index in [9.17, 15) is 19.3 Å². The van der Waals surface area contributed by atoms with Crippen LogP contribution in [0.4, 0.5) is 21.5 Å². The number of nitrogens with zero attached hydrogens (tertiary/aromatic N) is 2. The quantitative estimate of drug-likeness (QED) is 0.398. The van der Waals surface area contributed by atoms with Crippen LogP contribution in [0.15, 0.2) is 36.4 Å². The molecular formula is C16H12FIN2O4. The molecule has 1 heterocycles. The van der Waals surface area contributed by atoms with Gasteiger partial charge >= 0.3 is 0 Å². The third-order valence-electron chi connectivity index (χ3n) is 3.62. The molecule has 0 N–H and O–H groups in total. The lowest BCUT2D eigenvalue weighted by molar-refractivity contribution is -0.385. The first kappa shape index (κ1) is 16.6. The van der Waals surface area contributed by atoms with Gasteiger partial charge < -0.3 is 4.74 Å². The van der Waals surface area contributed by atoms with E-state index in [1.54, 1.807) is 13.8 Å². The number of hydrogen-bond acceptors (Lipinski definition) is 4. The van der Waals surface area contributed by atoms with E-state index < -0.39 is 16.3 Å². The Morgan fingerprint density at radius 1 is 1.25 bits per heavy atom. The summed E-state index contributed by atoms with van der Waals surface area (Å²) in [5.41, 5.74) is -0.454. The number of halogens is 2. The Labute approximate surface area is 150 Å². The van der Waals surface area contributed by atoms with Gasteiger partial charge in [0.25, 0.3) is 11.6 Å². The summed E-state index contributed by atoms with van der Waals surface area (Å²) in [7, 11) is 0. The summed E-state index contributed by atoms with van der Waals surface area (Å²) in [5, 5.41) is 11.1. The molecule has 2 aromatic rings. The zero-order valence-corrected chi connectivity index (χ0v) is 14.9. The molecule has 1 amide bonds. The topological polar surface area (TPSA) is 72.7 Å². The molecule has 6 nitrogen and oxygen atoms in total. The number of rotatable bonds is 2. The van der Waals surface area contributed by atoms with Crippen molar-refractivity contribution >= 4 is 45.6 Å². The number of ether oxygens (including phenoxy) is 1. The van der Waals surface area contributed by atoms with Crippen molar-refractivity contribution in [3.63, 3.8) is 0 Å². The molecule has 1 aliphatic heterocycles. The molecule has 0 aromatic heterocycles. The second-order valence-corrected chi connectivity index (χ2v) is 6.92. The van der Waals surface area contributed by atoms with E-state index >= 15 is 0 Å². The third kappa shape index (κ3) is 2.70. The van der Waals surface area contributed by atoms with E-state index in [1.165, 1.54) is 41.3 Å². The van der Waals surface area contributed by atoms with Crippen LogP contribution < -0.4 is 9.64 Å². The lowest BCUT2D eigenvalue weighted by Gasteiger charge is -2.39. The average Bonchev–Trinajstić information content (AvgIpc) is 2.49. The molecule has 0 saturated carbocycles. The smallest absolute Gasteiger partial charge is 0.275 e. The molecule has 8 heteroatoms. The van der Waals surface area contributed by atoms with Crippen molar-refractivity contribution in [1.82, 2.24) is 0 Å². The van der Waals surface area contributed by atoms with E-state index in [0.29, 0.717) is 14.9 Å². The van der Waals surface area contributed by atoms with Gasteiger partial charge in [-0.15, -0.1) is 0 Å². The van der Waals surface area contributed by atoms with Gasteiger partial charge in [0.2, 0.25) is 0 Å². The van der Waals surface area contributed by atoms with Crippen molar-refractivity contribution in [3.8, 4) is 5.75 Å². The van der Waals surface area contributed by atoms with E-state index in [-0.39, 0.29) is 17.3 Å². The summed E-state index contributed by atoms with van der Waals surface area (Å²) in [6, 6.07) is 8.13. The first-order valence-electron chi connectivity index (χ1n) is 6.98. The molecule has 0 bridgehead atoms. The van der Waals surface area contributed by atoms with E-state index in [0.717, 1.165) is 0 Å². The van der Waals surface area contributed by atoms with Gasteiger partial charge in [-0.2, -0.15) is 0 Å². The number of amides is 1. The summed E-state index contributed by atoms with van der Waals surface area (Å²) in [6.07, 6.45) is 0. The maximum absolute atomic E-state index is 13.2. The summed E-state index contributed by atoms with van der Waals surface area (Å²) < 4.78 is 19.4. The largest absolute Gasteiger partial charge is 0.475 e. The Morgan fingerprint density at radius 3 is 2.46 bits per heavy atom. The fourth-order valence-electron chi connectivity index (χ4n) is 2.49. The van der Waals surface area contributed by atoms with Crippen LogP contribution in [-0.4, -0.2) is 16.4 Å². The zero-order valence-electron chi connectivity index (χ0n) is 12.7. The summed E-state index contributed by atoms with van der Waals surface area (Å²) in [4.78, 5) is 24.8. The fraction of sp³-hybridized carbons (Fsp3) is 0.188. The molecule has 0 radical (unpaired) electrons. The van der Waals surface area contributed by atoms with Gasteiger partial charge in [-0.1, -0.05) is 0 Å². The highest BCUT2D eigenvalue weighted by molar-refractivity contribution is 14.1. The number of nitro benzene ring substituents is 1. The maximum atomic E-state index is 13.2. The van der Waals surface area contributed by atoms with Crippen LogP contribution in [0.1, 0.15) is 13.8 Å². The molecule has 0 spiro atoms. The highest BCUT2D eigenvalue weighted by Crippen LogP contribution is 2.46. The summed E-state index contributed by atoms with van der Waals surface area (Å²) >= 11 is 1.92. The second kappa shape index (κ2) is 5.69. The van der Waals surface area contributed by atoms with Crippen LogP contribution >= 0.6 is 22.6 Å². The number of hydrogen-bond donors (Lipinski definition) is 0. The Bertz CT molecular complexity index is 852. The molecule has 0 saturated heterocycles. The number of carbonyl (C=O) groups is 1. The average molecular weight is 442 g/mol. The molecule has 124 valence electrons. The van der Waals surface area contributed by atoms with Gasteiger partial charge in [-0.25, -0.2) is 4.39 Å². The monoisotopic (exact) mass is 442 g/mol. The summed E-state index contributed by atoms with van der Waals surface area (Å²) in [5.74, 6) is -0.520. The summed E-state index contributed by atoms with van der Waals surface area (Å²) in [6.45, 7) is 3.17. The van der Waals surface area contributed by atoms with Crippen molar-refractivity contribution in [2.24, 2.45) is 0 Å². The van der Waals surface area contributed by atoms with Crippen LogP contribution in [0.3, 0.4) is 0 Å². The predicted molar refractivity (Wildman–Crippen MR) is 94.1 cm³/mol. The first-order valence-corrected chi connectivity index (χ1v) is 8.05. The van der Waals surface area contributed by atoms with E-state index in [1.807, 2.05) is 22.6 Å². The molecule has 0 unspecified atom stereocenters. The zero-order chi connectivity index (χ0) is 17.6. The van der Waals surface area contributed by atoms with Crippen LogP contribution in [-0.2, 0) is 4.79 Å². The van der Waals surface area contributed by atoms with E-state index in [4.69, 9.17) is 4.74 Å². The van der Waals surface area contributed by atoms with Gasteiger partial charge in [0.1, 0.15) is 11.5 Å². The maximum Gasteiger partial charge on any atom is 0.275 e. The molecule has 24 heavy (non-hydrogen) atoms. The second-order valence-electron chi connectivity index (χ2n) is 5.76. The molecule has 0 aliphatic carbocycles. The van der Waals surface area contributed by atoms with Crippen molar-refractivity contribution in [2.45, 2.75) is 19.4 Å². The lowest BCUT2D eigenvalue weighted by atomic mass is 10.0. The molecule has 2 aromatic carbocycles. The third-order valence-corrected chi connectivity index (χ3v) is 4.44. The Kier molecular flexibility index (Phi) is 3.94. The van der Waals surface area contributed by atoms with Gasteiger partial charge in [0, 0.05) is 15.3 Å². The van der Waals surface area contributed by atoms with Crippen LogP contribution in [0.25, 0.3) is 0 Å². The standard InChI is InChI=1S/C16H12FIN2O4/c1-16(2)15(21)19(10-5-3-9(17)4-6-10)14-12(18)7-11(20(22)23)8-13(14)24-16/h3-8H,1-2H3. The van der Waals surface area contributed by atoms with Crippen LogP contribution in [0.5, 0.6) is 5.75 Å². The number of non-ortho nitro benzene ring substituents is 1. The number of carbonyl (C=O) groups excluding carboxylic acids is 1. The molecule has 3 rings (SSSR count). The Morgan fingerprint density at radius 2 is 1.88 bits per heavy atom. The molecule has 1 aliphatic rings. The normalized spacial score (nSPS) is 15.7. The Balaban J connectivity index is 2.25. The van der Waals surface area contributed by atoms with Crippen molar-refractivity contribution in [2.75, 3.05) is 4.90 Å². The van der Waals surface area contributed by atoms with E-state index in [2.05, 4.69) is 0 Å². The number of fused-ring (bicyclic) bond motifs is 1. The molecule has 0 atom stereocenters. The number of benzene rings is 2. The highest BCUT2D eigenvalue weighted by atomic mass is 127. The molecular weight excluding hydrogens is 430 g/mol. The number of anilines is 2. The minimum absolute atomic E-state index is 0.123. The highest BCUT2D eigenvalue weighted by Gasteiger charge is 2.43. The van der Waals surface area contributed by atoms with Crippen molar-refractivity contribution in [1.29, 1.82) is 0 Å². The Hall–Kier alpha value is -2.23. The SMILES string of the molecule is CC1(C)Oc2cc([N+](=O)[O-])cc(I)c2N(c2ccc(F)cc2)C1=O.